The maximum absolute atomic E-state index is 10.9. The molecular weight excluding hydrogens is 248 g/mol. The van der Waals surface area contributed by atoms with E-state index in [2.05, 4.69) is 0 Å². The Kier molecular flexibility index (Phi) is 3.94. The lowest BCUT2D eigenvalue weighted by molar-refractivity contribution is -0.383. The van der Waals surface area contributed by atoms with E-state index in [0.29, 0.717) is 16.5 Å². The van der Waals surface area contributed by atoms with Crippen LogP contribution in [-0.2, 0) is 0 Å². The van der Waals surface area contributed by atoms with Crippen molar-refractivity contribution >= 4 is 16.5 Å². The molecule has 0 bridgehead atoms. The van der Waals surface area contributed by atoms with E-state index in [-0.39, 0.29) is 18.8 Å². The Morgan fingerprint density at radius 2 is 1.95 bits per heavy atom. The van der Waals surface area contributed by atoms with Crippen molar-refractivity contribution in [3.8, 4) is 5.75 Å². The summed E-state index contributed by atoms with van der Waals surface area (Å²) in [4.78, 5) is 10.5. The SMILES string of the molecule is NCC(O)COc1ccc([N+](=O)[O-])c2ccccc12. The molecule has 0 heterocycles. The summed E-state index contributed by atoms with van der Waals surface area (Å²) in [6.45, 7) is 0.156. The van der Waals surface area contributed by atoms with Crippen LogP contribution in [0.2, 0.25) is 0 Å². The molecule has 0 aromatic heterocycles. The average Bonchev–Trinajstić information content (AvgIpc) is 2.43. The monoisotopic (exact) mass is 262 g/mol. The maximum atomic E-state index is 10.9. The fraction of sp³-hybridized carbons (Fsp3) is 0.231. The summed E-state index contributed by atoms with van der Waals surface area (Å²) in [5.74, 6) is 0.494. The molecule has 1 unspecified atom stereocenters. The van der Waals surface area contributed by atoms with Crippen molar-refractivity contribution in [2.75, 3.05) is 13.2 Å². The van der Waals surface area contributed by atoms with Crippen molar-refractivity contribution < 1.29 is 14.8 Å². The highest BCUT2D eigenvalue weighted by Crippen LogP contribution is 2.32. The Hall–Kier alpha value is -2.18. The molecule has 0 amide bonds. The van der Waals surface area contributed by atoms with Gasteiger partial charge in [0.15, 0.2) is 0 Å². The number of nitrogens with zero attached hydrogens (tertiary/aromatic N) is 1. The number of fused-ring (bicyclic) bond motifs is 1. The molecule has 19 heavy (non-hydrogen) atoms. The molecule has 0 spiro atoms. The molecule has 6 nitrogen and oxygen atoms in total. The Morgan fingerprint density at radius 1 is 1.26 bits per heavy atom. The Labute approximate surface area is 109 Å². The largest absolute Gasteiger partial charge is 0.490 e. The number of nitro groups is 1. The van der Waals surface area contributed by atoms with Crippen LogP contribution in [0.4, 0.5) is 5.69 Å². The first-order valence-corrected chi connectivity index (χ1v) is 5.80. The van der Waals surface area contributed by atoms with Gasteiger partial charge in [-0.15, -0.1) is 0 Å². The van der Waals surface area contributed by atoms with E-state index in [9.17, 15) is 15.2 Å². The number of non-ortho nitro benzene ring substituents is 1. The number of aliphatic hydroxyl groups is 1. The molecule has 0 fully saturated rings. The van der Waals surface area contributed by atoms with E-state index >= 15 is 0 Å². The van der Waals surface area contributed by atoms with Gasteiger partial charge in [-0.3, -0.25) is 10.1 Å². The Morgan fingerprint density at radius 3 is 2.58 bits per heavy atom. The molecule has 2 rings (SSSR count). The highest BCUT2D eigenvalue weighted by Gasteiger charge is 2.14. The van der Waals surface area contributed by atoms with Crippen molar-refractivity contribution in [3.63, 3.8) is 0 Å². The van der Waals surface area contributed by atoms with Crippen LogP contribution >= 0.6 is 0 Å². The molecule has 100 valence electrons. The van der Waals surface area contributed by atoms with E-state index in [4.69, 9.17) is 10.5 Å². The third-order valence-electron chi connectivity index (χ3n) is 2.76. The van der Waals surface area contributed by atoms with Crippen LogP contribution in [0, 0.1) is 10.1 Å². The molecule has 3 N–H and O–H groups in total. The fourth-order valence-corrected chi connectivity index (χ4v) is 1.79. The predicted octanol–water partition coefficient (Wildman–Crippen LogP) is 1.45. The van der Waals surface area contributed by atoms with Gasteiger partial charge >= 0.3 is 0 Å². The van der Waals surface area contributed by atoms with E-state index < -0.39 is 11.0 Å². The van der Waals surface area contributed by atoms with Crippen molar-refractivity contribution in [1.82, 2.24) is 0 Å². The van der Waals surface area contributed by atoms with Crippen LogP contribution in [0.5, 0.6) is 5.75 Å². The summed E-state index contributed by atoms with van der Waals surface area (Å²) in [5, 5.41) is 21.5. The van der Waals surface area contributed by atoms with Crippen LogP contribution < -0.4 is 10.5 Å². The van der Waals surface area contributed by atoms with Gasteiger partial charge in [0, 0.05) is 18.0 Å². The van der Waals surface area contributed by atoms with Crippen LogP contribution in [-0.4, -0.2) is 29.3 Å². The zero-order chi connectivity index (χ0) is 13.8. The lowest BCUT2D eigenvalue weighted by atomic mass is 10.1. The van der Waals surface area contributed by atoms with E-state index in [1.807, 2.05) is 0 Å². The minimum atomic E-state index is -0.756. The van der Waals surface area contributed by atoms with Gasteiger partial charge in [-0.25, -0.2) is 0 Å². The molecule has 1 atom stereocenters. The summed E-state index contributed by atoms with van der Waals surface area (Å²) in [6.07, 6.45) is -0.756. The highest BCUT2D eigenvalue weighted by molar-refractivity contribution is 5.95. The molecule has 0 saturated heterocycles. The minimum absolute atomic E-state index is 0.0299. The number of benzene rings is 2. The zero-order valence-electron chi connectivity index (χ0n) is 10.2. The summed E-state index contributed by atoms with van der Waals surface area (Å²) < 4.78 is 5.45. The maximum Gasteiger partial charge on any atom is 0.277 e. The van der Waals surface area contributed by atoms with Gasteiger partial charge in [-0.05, 0) is 12.1 Å². The quantitative estimate of drug-likeness (QED) is 0.627. The normalized spacial score (nSPS) is 12.3. The van der Waals surface area contributed by atoms with Gasteiger partial charge in [0.1, 0.15) is 18.5 Å². The summed E-state index contributed by atoms with van der Waals surface area (Å²) in [7, 11) is 0. The van der Waals surface area contributed by atoms with Crippen molar-refractivity contribution in [3.05, 3.63) is 46.5 Å². The van der Waals surface area contributed by atoms with Gasteiger partial charge in [0.25, 0.3) is 5.69 Å². The first kappa shape index (κ1) is 13.3. The number of nitrogens with two attached hydrogens (primary N) is 1. The summed E-state index contributed by atoms with van der Waals surface area (Å²) in [5.41, 5.74) is 5.32. The van der Waals surface area contributed by atoms with Crippen LogP contribution in [0.15, 0.2) is 36.4 Å². The van der Waals surface area contributed by atoms with Gasteiger partial charge < -0.3 is 15.6 Å². The first-order chi connectivity index (χ1) is 9.13. The summed E-state index contributed by atoms with van der Waals surface area (Å²) in [6, 6.07) is 9.84. The van der Waals surface area contributed by atoms with E-state index in [1.165, 1.54) is 12.1 Å². The van der Waals surface area contributed by atoms with Crippen molar-refractivity contribution in [2.24, 2.45) is 5.73 Å². The van der Waals surface area contributed by atoms with Crippen LogP contribution in [0.3, 0.4) is 0 Å². The number of hydrogen-bond acceptors (Lipinski definition) is 5. The van der Waals surface area contributed by atoms with E-state index in [0.717, 1.165) is 0 Å². The molecular formula is C13H14N2O4. The van der Waals surface area contributed by atoms with Crippen molar-refractivity contribution in [2.45, 2.75) is 6.10 Å². The molecule has 0 radical (unpaired) electrons. The Balaban J connectivity index is 2.41. The number of hydrogen-bond donors (Lipinski definition) is 2. The van der Waals surface area contributed by atoms with Gasteiger partial charge in [0.05, 0.1) is 10.3 Å². The lowest BCUT2D eigenvalue weighted by Crippen LogP contribution is -2.26. The molecule has 2 aromatic rings. The van der Waals surface area contributed by atoms with Gasteiger partial charge in [0.2, 0.25) is 0 Å². The standard InChI is InChI=1S/C13H14N2O4/c14-7-9(16)8-19-13-6-5-12(15(17)18)10-3-1-2-4-11(10)13/h1-6,9,16H,7-8,14H2. The minimum Gasteiger partial charge on any atom is -0.490 e. The van der Waals surface area contributed by atoms with Crippen LogP contribution in [0.1, 0.15) is 0 Å². The van der Waals surface area contributed by atoms with E-state index in [1.54, 1.807) is 24.3 Å². The first-order valence-electron chi connectivity index (χ1n) is 5.80. The highest BCUT2D eigenvalue weighted by atomic mass is 16.6. The molecule has 0 aliphatic heterocycles. The topological polar surface area (TPSA) is 98.6 Å². The van der Waals surface area contributed by atoms with Gasteiger partial charge in [-0.2, -0.15) is 0 Å². The second-order valence-corrected chi connectivity index (χ2v) is 4.09. The van der Waals surface area contributed by atoms with Gasteiger partial charge in [-0.1, -0.05) is 18.2 Å². The van der Waals surface area contributed by atoms with Crippen LogP contribution in [0.25, 0.3) is 10.8 Å². The van der Waals surface area contributed by atoms with Crippen molar-refractivity contribution in [1.29, 1.82) is 0 Å². The number of rotatable bonds is 5. The zero-order valence-corrected chi connectivity index (χ0v) is 10.2. The molecule has 0 aliphatic rings. The molecule has 2 aromatic carbocycles. The molecule has 0 aliphatic carbocycles. The third kappa shape index (κ3) is 2.81. The fourth-order valence-electron chi connectivity index (χ4n) is 1.79. The molecule has 0 saturated carbocycles. The summed E-state index contributed by atoms with van der Waals surface area (Å²) >= 11 is 0. The average molecular weight is 262 g/mol. The number of aliphatic hydroxyl groups excluding tert-OH is 1. The smallest absolute Gasteiger partial charge is 0.277 e. The second kappa shape index (κ2) is 5.64. The predicted molar refractivity (Wildman–Crippen MR) is 71.2 cm³/mol. The number of nitro benzene ring substituents is 1. The lowest BCUT2D eigenvalue weighted by Gasteiger charge is -2.12. The third-order valence-corrected chi connectivity index (χ3v) is 2.76. The second-order valence-electron chi connectivity index (χ2n) is 4.09. The molecule has 6 heteroatoms. The Bertz CT molecular complexity index is 600. The number of ether oxygens (including phenoxy) is 1.